The molecule has 0 bridgehead atoms. The van der Waals surface area contributed by atoms with Gasteiger partial charge in [-0.3, -0.25) is 0 Å². The normalized spacial score (nSPS) is 12.4. The fourth-order valence-electron chi connectivity index (χ4n) is 2.23. The number of benzene rings is 2. The average molecular weight is 401 g/mol. The first kappa shape index (κ1) is 15.7. The molecule has 2 rings (SSSR count). The van der Waals surface area contributed by atoms with Crippen molar-refractivity contribution in [2.75, 3.05) is 6.54 Å². The molecule has 4 heteroatoms. The monoisotopic (exact) mass is 399 g/mol. The molecule has 20 heavy (non-hydrogen) atoms. The van der Waals surface area contributed by atoms with Crippen LogP contribution in [0.15, 0.2) is 51.4 Å². The van der Waals surface area contributed by atoms with Gasteiger partial charge in [-0.05, 0) is 64.5 Å². The van der Waals surface area contributed by atoms with Crippen LogP contribution in [-0.2, 0) is 12.8 Å². The number of halogens is 3. The van der Waals surface area contributed by atoms with Crippen molar-refractivity contribution >= 4 is 31.9 Å². The summed E-state index contributed by atoms with van der Waals surface area (Å²) in [6.07, 6.45) is 1.64. The summed E-state index contributed by atoms with van der Waals surface area (Å²) in [6, 6.07) is 13.3. The Morgan fingerprint density at radius 1 is 0.950 bits per heavy atom. The predicted octanol–water partition coefficient (Wildman–Crippen LogP) is 4.71. The van der Waals surface area contributed by atoms with Crippen LogP contribution in [0.5, 0.6) is 0 Å². The standard InChI is InChI=1S/C16H16Br2FN/c17-14-6-2-1-4-12(14)8-11(10-20)9-13-5-3-7-15(19)16(13)18/h1-7,11H,8-10,20H2. The number of nitrogens with two attached hydrogens (primary N) is 1. The minimum Gasteiger partial charge on any atom is -0.330 e. The fourth-order valence-corrected chi connectivity index (χ4v) is 3.10. The van der Waals surface area contributed by atoms with Gasteiger partial charge in [0.05, 0.1) is 4.47 Å². The van der Waals surface area contributed by atoms with Crippen molar-refractivity contribution in [2.24, 2.45) is 11.7 Å². The minimum absolute atomic E-state index is 0.223. The van der Waals surface area contributed by atoms with Crippen molar-refractivity contribution in [3.63, 3.8) is 0 Å². The fraction of sp³-hybridized carbons (Fsp3) is 0.250. The van der Waals surface area contributed by atoms with Crippen LogP contribution in [-0.4, -0.2) is 6.54 Å². The summed E-state index contributed by atoms with van der Waals surface area (Å²) in [5, 5.41) is 0. The molecule has 0 spiro atoms. The molecule has 0 aromatic heterocycles. The Balaban J connectivity index is 2.14. The van der Waals surface area contributed by atoms with E-state index in [1.54, 1.807) is 6.07 Å². The molecule has 0 aliphatic heterocycles. The number of rotatable bonds is 5. The number of hydrogen-bond acceptors (Lipinski definition) is 1. The highest BCUT2D eigenvalue weighted by atomic mass is 79.9. The van der Waals surface area contributed by atoms with Crippen molar-refractivity contribution in [1.82, 2.24) is 0 Å². The number of hydrogen-bond donors (Lipinski definition) is 1. The zero-order valence-corrected chi connectivity index (χ0v) is 14.1. The van der Waals surface area contributed by atoms with E-state index in [1.807, 2.05) is 24.3 Å². The molecule has 0 aliphatic rings. The molecule has 0 saturated carbocycles. The van der Waals surface area contributed by atoms with E-state index in [4.69, 9.17) is 5.73 Å². The van der Waals surface area contributed by atoms with Crippen molar-refractivity contribution < 1.29 is 4.39 Å². The molecule has 0 saturated heterocycles. The van der Waals surface area contributed by atoms with Gasteiger partial charge >= 0.3 is 0 Å². The first-order valence-electron chi connectivity index (χ1n) is 6.48. The van der Waals surface area contributed by atoms with Crippen LogP contribution in [0.2, 0.25) is 0 Å². The molecule has 0 radical (unpaired) electrons. The molecule has 0 heterocycles. The summed E-state index contributed by atoms with van der Waals surface area (Å²) >= 11 is 6.87. The second-order valence-electron chi connectivity index (χ2n) is 4.81. The maximum absolute atomic E-state index is 13.5. The van der Waals surface area contributed by atoms with Crippen LogP contribution >= 0.6 is 31.9 Å². The quantitative estimate of drug-likeness (QED) is 0.772. The predicted molar refractivity (Wildman–Crippen MR) is 88.2 cm³/mol. The molecule has 1 atom stereocenters. The Labute approximate surface area is 135 Å². The van der Waals surface area contributed by atoms with E-state index in [1.165, 1.54) is 11.6 Å². The van der Waals surface area contributed by atoms with Gasteiger partial charge in [0.25, 0.3) is 0 Å². The Morgan fingerprint density at radius 3 is 2.30 bits per heavy atom. The lowest BCUT2D eigenvalue weighted by molar-refractivity contribution is 0.527. The van der Waals surface area contributed by atoms with E-state index in [2.05, 4.69) is 37.9 Å². The summed E-state index contributed by atoms with van der Waals surface area (Å²) in [7, 11) is 0. The van der Waals surface area contributed by atoms with E-state index >= 15 is 0 Å². The molecule has 0 aliphatic carbocycles. The van der Waals surface area contributed by atoms with Crippen molar-refractivity contribution in [2.45, 2.75) is 12.8 Å². The molecule has 2 aromatic rings. The van der Waals surface area contributed by atoms with Gasteiger partial charge in [-0.15, -0.1) is 0 Å². The Hall–Kier alpha value is -0.710. The topological polar surface area (TPSA) is 26.0 Å². The molecule has 106 valence electrons. The highest BCUT2D eigenvalue weighted by Gasteiger charge is 2.14. The summed E-state index contributed by atoms with van der Waals surface area (Å²) in [4.78, 5) is 0. The molecule has 0 fully saturated rings. The first-order chi connectivity index (χ1) is 9.61. The molecular formula is C16H16Br2FN. The van der Waals surface area contributed by atoms with Gasteiger partial charge in [-0.25, -0.2) is 4.39 Å². The highest BCUT2D eigenvalue weighted by Crippen LogP contribution is 2.25. The van der Waals surface area contributed by atoms with E-state index in [0.29, 0.717) is 11.0 Å². The van der Waals surface area contributed by atoms with Crippen molar-refractivity contribution in [3.05, 3.63) is 68.4 Å². The second-order valence-corrected chi connectivity index (χ2v) is 6.46. The van der Waals surface area contributed by atoms with Gasteiger partial charge in [0.1, 0.15) is 5.82 Å². The third kappa shape index (κ3) is 3.90. The van der Waals surface area contributed by atoms with Crippen molar-refractivity contribution in [1.29, 1.82) is 0 Å². The van der Waals surface area contributed by atoms with Gasteiger partial charge in [-0.1, -0.05) is 46.3 Å². The van der Waals surface area contributed by atoms with Crippen LogP contribution in [0.1, 0.15) is 11.1 Å². The molecule has 1 nitrogen and oxygen atoms in total. The zero-order valence-electron chi connectivity index (χ0n) is 11.0. The van der Waals surface area contributed by atoms with E-state index < -0.39 is 0 Å². The Kier molecular flexibility index (Phi) is 5.75. The van der Waals surface area contributed by atoms with E-state index in [0.717, 1.165) is 22.9 Å². The van der Waals surface area contributed by atoms with Crippen LogP contribution in [0.4, 0.5) is 4.39 Å². The van der Waals surface area contributed by atoms with E-state index in [9.17, 15) is 4.39 Å². The summed E-state index contributed by atoms with van der Waals surface area (Å²) in [5.41, 5.74) is 8.08. The zero-order chi connectivity index (χ0) is 14.5. The first-order valence-corrected chi connectivity index (χ1v) is 8.06. The molecule has 2 N–H and O–H groups in total. The SMILES string of the molecule is NCC(Cc1ccccc1Br)Cc1cccc(F)c1Br. The van der Waals surface area contributed by atoms with Gasteiger partial charge < -0.3 is 5.73 Å². The smallest absolute Gasteiger partial charge is 0.137 e. The van der Waals surface area contributed by atoms with Gasteiger partial charge in [0.15, 0.2) is 0 Å². The third-order valence-corrected chi connectivity index (χ3v) is 5.00. The van der Waals surface area contributed by atoms with Crippen LogP contribution in [0.3, 0.4) is 0 Å². The minimum atomic E-state index is -0.223. The molecule has 2 aromatic carbocycles. The van der Waals surface area contributed by atoms with Crippen LogP contribution < -0.4 is 5.73 Å². The third-order valence-electron chi connectivity index (χ3n) is 3.34. The largest absolute Gasteiger partial charge is 0.330 e. The Morgan fingerprint density at radius 2 is 1.60 bits per heavy atom. The van der Waals surface area contributed by atoms with Gasteiger partial charge in [0, 0.05) is 4.47 Å². The Bertz CT molecular complexity index is 586. The van der Waals surface area contributed by atoms with E-state index in [-0.39, 0.29) is 11.7 Å². The molecular weight excluding hydrogens is 385 g/mol. The van der Waals surface area contributed by atoms with Crippen molar-refractivity contribution in [3.8, 4) is 0 Å². The summed E-state index contributed by atoms with van der Waals surface area (Å²) < 4.78 is 15.2. The summed E-state index contributed by atoms with van der Waals surface area (Å²) in [6.45, 7) is 0.574. The molecule has 1 unspecified atom stereocenters. The second kappa shape index (κ2) is 7.34. The molecule has 0 amide bonds. The van der Waals surface area contributed by atoms with Gasteiger partial charge in [-0.2, -0.15) is 0 Å². The highest BCUT2D eigenvalue weighted by molar-refractivity contribution is 9.10. The lowest BCUT2D eigenvalue weighted by Gasteiger charge is -2.17. The maximum atomic E-state index is 13.5. The van der Waals surface area contributed by atoms with Gasteiger partial charge in [0.2, 0.25) is 0 Å². The summed E-state index contributed by atoms with van der Waals surface area (Å²) in [5.74, 6) is 0.0611. The lowest BCUT2D eigenvalue weighted by Crippen LogP contribution is -2.20. The van der Waals surface area contributed by atoms with Crippen LogP contribution in [0, 0.1) is 11.7 Å². The van der Waals surface area contributed by atoms with Crippen LogP contribution in [0.25, 0.3) is 0 Å². The average Bonchev–Trinajstić information content (AvgIpc) is 2.45. The maximum Gasteiger partial charge on any atom is 0.137 e. The lowest BCUT2D eigenvalue weighted by atomic mass is 9.92.